The molecule has 6 nitrogen and oxygen atoms in total. The average Bonchev–Trinajstić information content (AvgIpc) is 3.02. The number of pyridine rings is 2. The summed E-state index contributed by atoms with van der Waals surface area (Å²) in [5, 5.41) is 7.61. The third-order valence-electron chi connectivity index (χ3n) is 5.71. The molecule has 0 saturated carbocycles. The molecule has 1 fully saturated rings. The van der Waals surface area contributed by atoms with E-state index >= 15 is 0 Å². The van der Waals surface area contributed by atoms with Crippen LogP contribution in [0, 0.1) is 19.7 Å². The topological polar surface area (TPSA) is 58.9 Å². The lowest BCUT2D eigenvalue weighted by molar-refractivity contribution is 0.203. The predicted molar refractivity (Wildman–Crippen MR) is 112 cm³/mol. The van der Waals surface area contributed by atoms with Crippen LogP contribution in [-0.4, -0.2) is 37.7 Å². The molecule has 152 valence electrons. The SMILES string of the molecule is Cc1cc(Nc2ccc(F)cn2)cc(C2CCN(Cc3cnn(C)c3C)CC2)n1. The second-order valence-electron chi connectivity index (χ2n) is 7.84. The third kappa shape index (κ3) is 4.62. The van der Waals surface area contributed by atoms with E-state index in [4.69, 9.17) is 4.98 Å². The van der Waals surface area contributed by atoms with E-state index in [0.29, 0.717) is 11.7 Å². The Kier molecular flexibility index (Phi) is 5.58. The minimum atomic E-state index is -0.338. The molecule has 0 bridgehead atoms. The molecular weight excluding hydrogens is 367 g/mol. The molecule has 0 unspecified atom stereocenters. The molecule has 7 heteroatoms. The van der Waals surface area contributed by atoms with Gasteiger partial charge in [-0.15, -0.1) is 0 Å². The number of anilines is 2. The van der Waals surface area contributed by atoms with Gasteiger partial charge in [0.15, 0.2) is 0 Å². The molecule has 0 aromatic carbocycles. The van der Waals surface area contributed by atoms with Crippen LogP contribution in [0.1, 0.15) is 41.4 Å². The van der Waals surface area contributed by atoms with E-state index in [-0.39, 0.29) is 5.82 Å². The fourth-order valence-corrected chi connectivity index (χ4v) is 3.90. The zero-order chi connectivity index (χ0) is 20.4. The van der Waals surface area contributed by atoms with Crippen molar-refractivity contribution in [3.8, 4) is 0 Å². The fourth-order valence-electron chi connectivity index (χ4n) is 3.90. The number of piperidine rings is 1. The molecule has 1 N–H and O–H groups in total. The van der Waals surface area contributed by atoms with Gasteiger partial charge in [-0.3, -0.25) is 14.6 Å². The van der Waals surface area contributed by atoms with E-state index in [9.17, 15) is 4.39 Å². The minimum absolute atomic E-state index is 0.338. The van der Waals surface area contributed by atoms with Gasteiger partial charge in [-0.2, -0.15) is 5.10 Å². The highest BCUT2D eigenvalue weighted by molar-refractivity contribution is 5.57. The average molecular weight is 394 g/mol. The van der Waals surface area contributed by atoms with Gasteiger partial charge in [0, 0.05) is 47.8 Å². The van der Waals surface area contributed by atoms with Gasteiger partial charge in [-0.05, 0) is 64.0 Å². The number of rotatable bonds is 5. The number of halogens is 1. The fraction of sp³-hybridized carbons (Fsp3) is 0.409. The first-order valence-corrected chi connectivity index (χ1v) is 10.0. The van der Waals surface area contributed by atoms with Crippen LogP contribution in [0.2, 0.25) is 0 Å². The lowest BCUT2D eigenvalue weighted by Gasteiger charge is -2.31. The molecule has 0 spiro atoms. The molecule has 4 heterocycles. The summed E-state index contributed by atoms with van der Waals surface area (Å²) in [5.74, 6) is 0.739. The first-order valence-electron chi connectivity index (χ1n) is 10.0. The molecule has 0 atom stereocenters. The molecule has 3 aromatic heterocycles. The van der Waals surface area contributed by atoms with Crippen LogP contribution < -0.4 is 5.32 Å². The lowest BCUT2D eigenvalue weighted by Crippen LogP contribution is -2.32. The van der Waals surface area contributed by atoms with Crippen LogP contribution in [-0.2, 0) is 13.6 Å². The van der Waals surface area contributed by atoms with Crippen LogP contribution in [0.25, 0.3) is 0 Å². The summed E-state index contributed by atoms with van der Waals surface area (Å²) < 4.78 is 15.0. The zero-order valence-electron chi connectivity index (χ0n) is 17.2. The smallest absolute Gasteiger partial charge is 0.141 e. The van der Waals surface area contributed by atoms with Gasteiger partial charge in [-0.1, -0.05) is 0 Å². The number of nitrogens with zero attached hydrogens (tertiary/aromatic N) is 5. The number of aryl methyl sites for hydroxylation is 2. The summed E-state index contributed by atoms with van der Waals surface area (Å²) >= 11 is 0. The molecule has 0 radical (unpaired) electrons. The van der Waals surface area contributed by atoms with E-state index in [1.807, 2.05) is 30.9 Å². The van der Waals surface area contributed by atoms with Gasteiger partial charge >= 0.3 is 0 Å². The maximum atomic E-state index is 13.1. The molecule has 1 aliphatic heterocycles. The first kappa shape index (κ1) is 19.5. The van der Waals surface area contributed by atoms with E-state index in [0.717, 1.165) is 49.6 Å². The molecule has 1 aliphatic rings. The summed E-state index contributed by atoms with van der Waals surface area (Å²) in [6.07, 6.45) is 5.37. The standard InChI is InChI=1S/C22H27FN6/c1-15-10-20(27-22-5-4-19(23)13-24-22)11-21(26-15)17-6-8-29(9-7-17)14-18-12-25-28(3)16(18)2/h4-5,10-13,17H,6-9,14H2,1-3H3,(H,24,26,27). The molecule has 4 rings (SSSR count). The summed E-state index contributed by atoms with van der Waals surface area (Å²) in [6.45, 7) is 7.19. The molecular formula is C22H27FN6. The zero-order valence-corrected chi connectivity index (χ0v) is 17.2. The summed E-state index contributed by atoms with van der Waals surface area (Å²) in [6, 6.07) is 7.14. The first-order chi connectivity index (χ1) is 14.0. The van der Waals surface area contributed by atoms with Gasteiger partial charge in [0.25, 0.3) is 0 Å². The Bertz CT molecular complexity index is 973. The monoisotopic (exact) mass is 394 g/mol. The molecule has 1 saturated heterocycles. The van der Waals surface area contributed by atoms with Crippen molar-refractivity contribution < 1.29 is 4.39 Å². The van der Waals surface area contributed by atoms with Crippen LogP contribution in [0.15, 0.2) is 36.7 Å². The Hall–Kier alpha value is -2.80. The second-order valence-corrected chi connectivity index (χ2v) is 7.84. The highest BCUT2D eigenvalue weighted by Gasteiger charge is 2.23. The van der Waals surface area contributed by atoms with Crippen molar-refractivity contribution in [2.24, 2.45) is 7.05 Å². The predicted octanol–water partition coefficient (Wildman–Crippen LogP) is 4.09. The Morgan fingerprint density at radius 1 is 1.14 bits per heavy atom. The van der Waals surface area contributed by atoms with E-state index in [2.05, 4.69) is 33.3 Å². The van der Waals surface area contributed by atoms with E-state index in [1.165, 1.54) is 23.5 Å². The van der Waals surface area contributed by atoms with Crippen LogP contribution in [0.5, 0.6) is 0 Å². The normalized spacial score (nSPS) is 15.6. The van der Waals surface area contributed by atoms with Crippen molar-refractivity contribution >= 4 is 11.5 Å². The van der Waals surface area contributed by atoms with Crippen LogP contribution in [0.4, 0.5) is 15.9 Å². The Labute approximate surface area is 170 Å². The van der Waals surface area contributed by atoms with Gasteiger partial charge < -0.3 is 5.32 Å². The lowest BCUT2D eigenvalue weighted by atomic mass is 9.92. The number of hydrogen-bond acceptors (Lipinski definition) is 5. The summed E-state index contributed by atoms with van der Waals surface area (Å²) in [5.41, 5.74) is 5.57. The highest BCUT2D eigenvalue weighted by atomic mass is 19.1. The highest BCUT2D eigenvalue weighted by Crippen LogP contribution is 2.30. The number of aromatic nitrogens is 4. The van der Waals surface area contributed by atoms with E-state index in [1.54, 1.807) is 6.07 Å². The van der Waals surface area contributed by atoms with Gasteiger partial charge in [0.1, 0.15) is 11.6 Å². The van der Waals surface area contributed by atoms with Gasteiger partial charge in [-0.25, -0.2) is 9.37 Å². The minimum Gasteiger partial charge on any atom is -0.340 e. The van der Waals surface area contributed by atoms with Gasteiger partial charge in [0.2, 0.25) is 0 Å². The van der Waals surface area contributed by atoms with Crippen LogP contribution >= 0.6 is 0 Å². The Morgan fingerprint density at radius 2 is 1.93 bits per heavy atom. The van der Waals surface area contributed by atoms with Crippen molar-refractivity contribution in [3.05, 3.63) is 65.1 Å². The van der Waals surface area contributed by atoms with E-state index < -0.39 is 0 Å². The molecule has 0 aliphatic carbocycles. The molecule has 3 aromatic rings. The Morgan fingerprint density at radius 3 is 2.59 bits per heavy atom. The number of nitrogens with one attached hydrogen (secondary N) is 1. The molecule has 0 amide bonds. The van der Waals surface area contributed by atoms with Crippen LogP contribution in [0.3, 0.4) is 0 Å². The maximum absolute atomic E-state index is 13.1. The van der Waals surface area contributed by atoms with Crippen molar-refractivity contribution in [3.63, 3.8) is 0 Å². The quantitative estimate of drug-likeness (QED) is 0.706. The largest absolute Gasteiger partial charge is 0.340 e. The maximum Gasteiger partial charge on any atom is 0.141 e. The van der Waals surface area contributed by atoms with Crippen molar-refractivity contribution in [2.75, 3.05) is 18.4 Å². The summed E-state index contributed by atoms with van der Waals surface area (Å²) in [4.78, 5) is 11.4. The second kappa shape index (κ2) is 8.29. The third-order valence-corrected chi connectivity index (χ3v) is 5.71. The van der Waals surface area contributed by atoms with Gasteiger partial charge in [0.05, 0.1) is 12.4 Å². The van der Waals surface area contributed by atoms with Crippen molar-refractivity contribution in [2.45, 2.75) is 39.2 Å². The molecule has 29 heavy (non-hydrogen) atoms. The van der Waals surface area contributed by atoms with Crippen molar-refractivity contribution in [1.82, 2.24) is 24.6 Å². The Balaban J connectivity index is 1.40. The number of hydrogen-bond donors (Lipinski definition) is 1. The summed E-state index contributed by atoms with van der Waals surface area (Å²) in [7, 11) is 1.99. The van der Waals surface area contributed by atoms with Crippen molar-refractivity contribution in [1.29, 1.82) is 0 Å². The number of likely N-dealkylation sites (tertiary alicyclic amines) is 1.